The lowest BCUT2D eigenvalue weighted by molar-refractivity contribution is -0.384. The number of para-hydroxylation sites is 2. The zero-order valence-electron chi connectivity index (χ0n) is 18.5. The molecule has 0 N–H and O–H groups in total. The van der Waals surface area contributed by atoms with Gasteiger partial charge in [0.1, 0.15) is 11.5 Å². The van der Waals surface area contributed by atoms with Gasteiger partial charge in [-0.3, -0.25) is 14.9 Å². The molecule has 1 saturated heterocycles. The molecule has 0 unspecified atom stereocenters. The zero-order chi connectivity index (χ0) is 23.7. The van der Waals surface area contributed by atoms with Crippen molar-refractivity contribution in [1.29, 1.82) is 0 Å². The summed E-state index contributed by atoms with van der Waals surface area (Å²) < 4.78 is 5.81. The number of carbonyl (C=O) groups is 1. The first kappa shape index (κ1) is 22.0. The Morgan fingerprint density at radius 3 is 2.47 bits per heavy atom. The Labute approximate surface area is 200 Å². The van der Waals surface area contributed by atoms with Crippen LogP contribution in [0.3, 0.4) is 0 Å². The normalized spacial score (nSPS) is 17.4. The number of benzene rings is 2. The highest BCUT2D eigenvalue weighted by Crippen LogP contribution is 2.34. The first-order chi connectivity index (χ1) is 16.5. The molecule has 1 aromatic heterocycles. The number of thioether (sulfide) groups is 1. The van der Waals surface area contributed by atoms with E-state index in [1.165, 1.54) is 29.1 Å². The van der Waals surface area contributed by atoms with Gasteiger partial charge in [-0.15, -0.1) is 0 Å². The van der Waals surface area contributed by atoms with Gasteiger partial charge in [0.25, 0.3) is 11.6 Å². The van der Waals surface area contributed by atoms with E-state index in [-0.39, 0.29) is 11.6 Å². The van der Waals surface area contributed by atoms with Crippen molar-refractivity contribution in [3.8, 4) is 11.3 Å². The number of amides is 1. The lowest BCUT2D eigenvalue weighted by Crippen LogP contribution is -2.48. The number of nitro groups is 1. The van der Waals surface area contributed by atoms with Crippen molar-refractivity contribution < 1.29 is 14.1 Å². The Hall–Kier alpha value is -3.85. The summed E-state index contributed by atoms with van der Waals surface area (Å²) in [6.07, 6.45) is 1.64. The first-order valence-electron chi connectivity index (χ1n) is 10.9. The molecule has 9 heteroatoms. The second kappa shape index (κ2) is 9.18. The Bertz CT molecular complexity index is 1320. The van der Waals surface area contributed by atoms with Crippen LogP contribution in [-0.2, 0) is 4.79 Å². The third-order valence-electron chi connectivity index (χ3n) is 5.88. The van der Waals surface area contributed by atoms with Gasteiger partial charge in [0.15, 0.2) is 5.17 Å². The van der Waals surface area contributed by atoms with E-state index < -0.39 is 4.92 Å². The molecule has 0 atom stereocenters. The standard InChI is InChI=1S/C25H22N4O4S/c1-17-6-2-4-8-20(17)27-12-14-28(15-13-27)25-26-24(30)23(34-25)16-18-10-11-22(33-18)19-7-3-5-9-21(19)29(31)32/h2-11,16H,12-15H2,1H3. The highest BCUT2D eigenvalue weighted by Gasteiger charge is 2.29. The van der Waals surface area contributed by atoms with Crippen molar-refractivity contribution in [2.45, 2.75) is 6.92 Å². The maximum atomic E-state index is 12.5. The largest absolute Gasteiger partial charge is 0.456 e. The molecule has 1 fully saturated rings. The molecule has 172 valence electrons. The van der Waals surface area contributed by atoms with Gasteiger partial charge in [-0.2, -0.15) is 4.99 Å². The molecule has 0 bridgehead atoms. The Morgan fingerprint density at radius 2 is 1.71 bits per heavy atom. The summed E-state index contributed by atoms with van der Waals surface area (Å²) in [7, 11) is 0. The Balaban J connectivity index is 1.26. The number of furan rings is 1. The molecule has 0 saturated carbocycles. The molecule has 0 radical (unpaired) electrons. The van der Waals surface area contributed by atoms with E-state index in [9.17, 15) is 14.9 Å². The summed E-state index contributed by atoms with van der Waals surface area (Å²) in [6.45, 7) is 5.39. The molecule has 0 aliphatic carbocycles. The molecule has 3 heterocycles. The number of carbonyl (C=O) groups excluding carboxylic acids is 1. The number of nitro benzene ring substituents is 1. The molecule has 2 aliphatic heterocycles. The van der Waals surface area contributed by atoms with Crippen molar-refractivity contribution >= 4 is 40.3 Å². The fraction of sp³-hybridized carbons (Fsp3) is 0.200. The lowest BCUT2D eigenvalue weighted by Gasteiger charge is -2.37. The van der Waals surface area contributed by atoms with Crippen molar-refractivity contribution in [3.05, 3.63) is 87.0 Å². The molecule has 2 aliphatic rings. The van der Waals surface area contributed by atoms with Crippen LogP contribution in [0.25, 0.3) is 17.4 Å². The third-order valence-corrected chi connectivity index (χ3v) is 6.93. The van der Waals surface area contributed by atoms with Gasteiger partial charge >= 0.3 is 0 Å². The molecule has 5 rings (SSSR count). The Morgan fingerprint density at radius 1 is 1.00 bits per heavy atom. The van der Waals surface area contributed by atoms with Crippen LogP contribution in [0.2, 0.25) is 0 Å². The summed E-state index contributed by atoms with van der Waals surface area (Å²) in [4.78, 5) is 32.6. The molecule has 2 aromatic carbocycles. The van der Waals surface area contributed by atoms with E-state index in [1.807, 2.05) is 6.07 Å². The molecule has 3 aromatic rings. The van der Waals surface area contributed by atoms with Gasteiger partial charge in [0.2, 0.25) is 0 Å². The second-order valence-electron chi connectivity index (χ2n) is 8.05. The van der Waals surface area contributed by atoms with Gasteiger partial charge in [-0.05, 0) is 48.5 Å². The van der Waals surface area contributed by atoms with Crippen LogP contribution in [0, 0.1) is 17.0 Å². The lowest BCUT2D eigenvalue weighted by atomic mass is 10.1. The predicted octanol–water partition coefficient (Wildman–Crippen LogP) is 4.96. The monoisotopic (exact) mass is 474 g/mol. The average molecular weight is 475 g/mol. The molecule has 8 nitrogen and oxygen atoms in total. The van der Waals surface area contributed by atoms with Crippen LogP contribution in [0.15, 0.2) is 75.0 Å². The van der Waals surface area contributed by atoms with Gasteiger partial charge in [-0.25, -0.2) is 0 Å². The molecule has 0 spiro atoms. The van der Waals surface area contributed by atoms with E-state index in [0.717, 1.165) is 26.2 Å². The third kappa shape index (κ3) is 4.34. The number of anilines is 1. The summed E-state index contributed by atoms with van der Waals surface area (Å²) in [5.41, 5.74) is 2.86. The van der Waals surface area contributed by atoms with Crippen molar-refractivity contribution in [3.63, 3.8) is 0 Å². The molecule has 34 heavy (non-hydrogen) atoms. The van der Waals surface area contributed by atoms with Crippen LogP contribution in [-0.4, -0.2) is 47.1 Å². The maximum absolute atomic E-state index is 12.5. The fourth-order valence-electron chi connectivity index (χ4n) is 4.14. The number of hydrogen-bond donors (Lipinski definition) is 0. The minimum Gasteiger partial charge on any atom is -0.456 e. The number of nitrogens with zero attached hydrogens (tertiary/aromatic N) is 4. The van der Waals surface area contributed by atoms with Gasteiger partial charge in [0, 0.05) is 44.0 Å². The number of amidine groups is 1. The van der Waals surface area contributed by atoms with Crippen LogP contribution >= 0.6 is 11.8 Å². The summed E-state index contributed by atoms with van der Waals surface area (Å²) >= 11 is 1.33. The van der Waals surface area contributed by atoms with Crippen molar-refractivity contribution in [2.24, 2.45) is 4.99 Å². The number of rotatable bonds is 4. The van der Waals surface area contributed by atoms with Crippen molar-refractivity contribution in [2.75, 3.05) is 31.1 Å². The number of hydrogen-bond acceptors (Lipinski definition) is 7. The van der Waals surface area contributed by atoms with E-state index in [1.54, 1.807) is 36.4 Å². The SMILES string of the molecule is Cc1ccccc1N1CCN(C2=NC(=O)C(=Cc3ccc(-c4ccccc4[N+](=O)[O-])o3)S2)CC1. The number of aryl methyl sites for hydroxylation is 1. The van der Waals surface area contributed by atoms with Crippen LogP contribution in [0.5, 0.6) is 0 Å². The van der Waals surface area contributed by atoms with Crippen molar-refractivity contribution in [1.82, 2.24) is 4.90 Å². The average Bonchev–Trinajstić information content (AvgIpc) is 3.46. The summed E-state index contributed by atoms with van der Waals surface area (Å²) in [6, 6.07) is 18.1. The van der Waals surface area contributed by atoms with E-state index in [2.05, 4.69) is 39.9 Å². The summed E-state index contributed by atoms with van der Waals surface area (Å²) in [5, 5.41) is 12.0. The maximum Gasteiger partial charge on any atom is 0.286 e. The number of piperazine rings is 1. The molecule has 1 amide bonds. The Kier molecular flexibility index (Phi) is 5.93. The van der Waals surface area contributed by atoms with E-state index in [4.69, 9.17) is 4.42 Å². The van der Waals surface area contributed by atoms with Crippen LogP contribution in [0.1, 0.15) is 11.3 Å². The summed E-state index contributed by atoms with van der Waals surface area (Å²) in [5.74, 6) is 0.526. The molecular formula is C25H22N4O4S. The highest BCUT2D eigenvalue weighted by molar-refractivity contribution is 8.18. The molecular weight excluding hydrogens is 452 g/mol. The van der Waals surface area contributed by atoms with Crippen LogP contribution in [0.4, 0.5) is 11.4 Å². The fourth-order valence-corrected chi connectivity index (χ4v) is 5.08. The van der Waals surface area contributed by atoms with E-state index >= 15 is 0 Å². The van der Waals surface area contributed by atoms with Gasteiger partial charge in [0.05, 0.1) is 15.4 Å². The first-order valence-corrected chi connectivity index (χ1v) is 11.7. The predicted molar refractivity (Wildman–Crippen MR) is 134 cm³/mol. The van der Waals surface area contributed by atoms with Crippen LogP contribution < -0.4 is 4.90 Å². The van der Waals surface area contributed by atoms with Gasteiger partial charge < -0.3 is 14.2 Å². The number of aliphatic imine (C=N–C) groups is 1. The van der Waals surface area contributed by atoms with Gasteiger partial charge in [-0.1, -0.05) is 30.3 Å². The van der Waals surface area contributed by atoms with E-state index in [0.29, 0.717) is 27.2 Å². The zero-order valence-corrected chi connectivity index (χ0v) is 19.3. The topological polar surface area (TPSA) is 92.2 Å². The minimum atomic E-state index is -0.439. The second-order valence-corrected chi connectivity index (χ2v) is 9.06. The quantitative estimate of drug-likeness (QED) is 0.300. The highest BCUT2D eigenvalue weighted by atomic mass is 32.2. The minimum absolute atomic E-state index is 0.0298. The smallest absolute Gasteiger partial charge is 0.286 e.